The number of piperidine rings is 1. The Balaban J connectivity index is 1.58. The number of hydrogen-bond donors (Lipinski definition) is 1. The molecule has 5 nitrogen and oxygen atoms in total. The van der Waals surface area contributed by atoms with Crippen molar-refractivity contribution in [2.75, 3.05) is 13.1 Å². The largest absolute Gasteiger partial charge is 0.425 e. The minimum atomic E-state index is 0.434. The third-order valence-electron chi connectivity index (χ3n) is 3.55. The molecule has 1 fully saturated rings. The number of nitrogens with zero attached hydrogens (tertiary/aromatic N) is 3. The van der Waals surface area contributed by atoms with E-state index in [0.717, 1.165) is 50.6 Å². The molecule has 1 N–H and O–H groups in total. The quantitative estimate of drug-likeness (QED) is 0.904. The van der Waals surface area contributed by atoms with Gasteiger partial charge in [0.25, 0.3) is 0 Å². The van der Waals surface area contributed by atoms with Crippen molar-refractivity contribution in [3.63, 3.8) is 0 Å². The van der Waals surface area contributed by atoms with E-state index in [-0.39, 0.29) is 0 Å². The Labute approximate surface area is 112 Å². The number of aromatic nitrogens is 3. The van der Waals surface area contributed by atoms with Gasteiger partial charge in [-0.1, -0.05) is 0 Å². The maximum absolute atomic E-state index is 5.78. The Morgan fingerprint density at radius 3 is 2.68 bits per heavy atom. The predicted octanol–water partition coefficient (Wildman–Crippen LogP) is 1.72. The van der Waals surface area contributed by atoms with Crippen molar-refractivity contribution in [2.45, 2.75) is 31.6 Å². The Morgan fingerprint density at radius 1 is 1.11 bits per heavy atom. The van der Waals surface area contributed by atoms with Gasteiger partial charge in [-0.15, -0.1) is 10.2 Å². The van der Waals surface area contributed by atoms with Crippen LogP contribution in [-0.4, -0.2) is 28.3 Å². The zero-order valence-electron chi connectivity index (χ0n) is 10.9. The summed E-state index contributed by atoms with van der Waals surface area (Å²) in [4.78, 5) is 4.01. The summed E-state index contributed by atoms with van der Waals surface area (Å²) in [5.41, 5.74) is 1.25. The van der Waals surface area contributed by atoms with Gasteiger partial charge in [0, 0.05) is 24.7 Å². The van der Waals surface area contributed by atoms with Crippen molar-refractivity contribution in [1.29, 1.82) is 0 Å². The molecule has 0 unspecified atom stereocenters. The number of hydrogen-bond acceptors (Lipinski definition) is 5. The summed E-state index contributed by atoms with van der Waals surface area (Å²) < 4.78 is 5.78. The summed E-state index contributed by atoms with van der Waals surface area (Å²) in [6.45, 7) is 2.08. The highest BCUT2D eigenvalue weighted by Gasteiger charge is 2.20. The molecule has 0 spiro atoms. The maximum Gasteiger partial charge on any atom is 0.219 e. The van der Waals surface area contributed by atoms with Crippen LogP contribution >= 0.6 is 0 Å². The van der Waals surface area contributed by atoms with Crippen LogP contribution in [0.5, 0.6) is 0 Å². The SMILES string of the molecule is c1cc(CCc2nnc(C3CCNCC3)o2)ccn1. The smallest absolute Gasteiger partial charge is 0.219 e. The molecule has 1 saturated heterocycles. The molecule has 3 rings (SSSR count). The molecule has 0 bridgehead atoms. The molecule has 1 aliphatic heterocycles. The Morgan fingerprint density at radius 2 is 1.89 bits per heavy atom. The van der Waals surface area contributed by atoms with Crippen LogP contribution in [-0.2, 0) is 12.8 Å². The van der Waals surface area contributed by atoms with Gasteiger partial charge >= 0.3 is 0 Å². The zero-order chi connectivity index (χ0) is 12.9. The highest BCUT2D eigenvalue weighted by Crippen LogP contribution is 2.23. The van der Waals surface area contributed by atoms with Crippen LogP contribution in [0.4, 0.5) is 0 Å². The van der Waals surface area contributed by atoms with Crippen LogP contribution in [0.15, 0.2) is 28.9 Å². The number of pyridine rings is 1. The fourth-order valence-corrected chi connectivity index (χ4v) is 2.40. The normalized spacial score (nSPS) is 16.6. The lowest BCUT2D eigenvalue weighted by Crippen LogP contribution is -2.26. The molecule has 1 aliphatic rings. The first kappa shape index (κ1) is 12.3. The van der Waals surface area contributed by atoms with Gasteiger partial charge in [-0.3, -0.25) is 4.98 Å². The van der Waals surface area contributed by atoms with Crippen LogP contribution in [0, 0.1) is 0 Å². The molecule has 0 saturated carbocycles. The van der Waals surface area contributed by atoms with Gasteiger partial charge in [0.1, 0.15) is 0 Å². The van der Waals surface area contributed by atoms with Crippen LogP contribution < -0.4 is 5.32 Å². The maximum atomic E-state index is 5.78. The third-order valence-corrected chi connectivity index (χ3v) is 3.55. The lowest BCUT2D eigenvalue weighted by atomic mass is 9.98. The van der Waals surface area contributed by atoms with Gasteiger partial charge in [-0.25, -0.2) is 0 Å². The first-order valence-electron chi connectivity index (χ1n) is 6.84. The van der Waals surface area contributed by atoms with E-state index in [1.54, 1.807) is 0 Å². The Bertz CT molecular complexity index is 505. The second kappa shape index (κ2) is 5.93. The summed E-state index contributed by atoms with van der Waals surface area (Å²) in [6, 6.07) is 4.04. The van der Waals surface area contributed by atoms with E-state index in [1.165, 1.54) is 5.56 Å². The number of aryl methyl sites for hydroxylation is 2. The van der Waals surface area contributed by atoms with E-state index in [4.69, 9.17) is 4.42 Å². The van der Waals surface area contributed by atoms with Crippen molar-refractivity contribution >= 4 is 0 Å². The Kier molecular flexibility index (Phi) is 3.83. The van der Waals surface area contributed by atoms with Crippen molar-refractivity contribution in [2.24, 2.45) is 0 Å². The van der Waals surface area contributed by atoms with E-state index in [0.29, 0.717) is 5.92 Å². The number of nitrogens with one attached hydrogen (secondary N) is 1. The fraction of sp³-hybridized carbons (Fsp3) is 0.500. The van der Waals surface area contributed by atoms with Gasteiger partial charge in [0.05, 0.1) is 0 Å². The number of rotatable bonds is 4. The molecule has 19 heavy (non-hydrogen) atoms. The third kappa shape index (κ3) is 3.17. The van der Waals surface area contributed by atoms with Crippen molar-refractivity contribution in [3.8, 4) is 0 Å². The molecular weight excluding hydrogens is 240 g/mol. The van der Waals surface area contributed by atoms with Crippen LogP contribution in [0.25, 0.3) is 0 Å². The second-order valence-electron chi connectivity index (χ2n) is 4.91. The topological polar surface area (TPSA) is 63.8 Å². The fourth-order valence-electron chi connectivity index (χ4n) is 2.40. The van der Waals surface area contributed by atoms with Gasteiger partial charge < -0.3 is 9.73 Å². The molecule has 3 heterocycles. The molecule has 2 aromatic rings. The van der Waals surface area contributed by atoms with E-state index >= 15 is 0 Å². The first-order valence-corrected chi connectivity index (χ1v) is 6.84. The monoisotopic (exact) mass is 258 g/mol. The standard InChI is InChI=1S/C14H18N4O/c1(11-3-7-15-8-4-11)2-13-17-18-14(19-13)12-5-9-16-10-6-12/h3-4,7-8,12,16H,1-2,5-6,9-10H2. The molecule has 0 aromatic carbocycles. The van der Waals surface area contributed by atoms with Crippen molar-refractivity contribution in [1.82, 2.24) is 20.5 Å². The van der Waals surface area contributed by atoms with Crippen LogP contribution in [0.2, 0.25) is 0 Å². The van der Waals surface area contributed by atoms with Gasteiger partial charge in [0.2, 0.25) is 11.8 Å². The molecule has 100 valence electrons. The van der Waals surface area contributed by atoms with Gasteiger partial charge in [-0.2, -0.15) is 0 Å². The summed E-state index contributed by atoms with van der Waals surface area (Å²) in [5, 5.41) is 11.7. The molecule has 5 heteroatoms. The molecule has 0 atom stereocenters. The van der Waals surface area contributed by atoms with Crippen molar-refractivity contribution < 1.29 is 4.42 Å². The molecular formula is C14H18N4O. The lowest BCUT2D eigenvalue weighted by Gasteiger charge is -2.18. The highest BCUT2D eigenvalue weighted by atomic mass is 16.4. The molecule has 0 radical (unpaired) electrons. The Hall–Kier alpha value is -1.75. The first-order chi connectivity index (χ1) is 9.42. The van der Waals surface area contributed by atoms with E-state index < -0.39 is 0 Å². The highest BCUT2D eigenvalue weighted by molar-refractivity contribution is 5.10. The minimum Gasteiger partial charge on any atom is -0.425 e. The van der Waals surface area contributed by atoms with Crippen LogP contribution in [0.1, 0.15) is 36.1 Å². The minimum absolute atomic E-state index is 0.434. The molecule has 2 aromatic heterocycles. The summed E-state index contributed by atoms with van der Waals surface area (Å²) >= 11 is 0. The lowest BCUT2D eigenvalue weighted by molar-refractivity contribution is 0.360. The van der Waals surface area contributed by atoms with Crippen molar-refractivity contribution in [3.05, 3.63) is 41.9 Å². The predicted molar refractivity (Wildman–Crippen MR) is 70.8 cm³/mol. The molecule has 0 aliphatic carbocycles. The van der Waals surface area contributed by atoms with Gasteiger partial charge in [0.15, 0.2) is 0 Å². The average Bonchev–Trinajstić information content (AvgIpc) is 2.96. The average molecular weight is 258 g/mol. The van der Waals surface area contributed by atoms with E-state index in [2.05, 4.69) is 20.5 Å². The van der Waals surface area contributed by atoms with E-state index in [1.807, 2.05) is 24.5 Å². The molecule has 0 amide bonds. The summed E-state index contributed by atoms with van der Waals surface area (Å²) in [5.74, 6) is 1.99. The van der Waals surface area contributed by atoms with Gasteiger partial charge in [-0.05, 0) is 50.0 Å². The van der Waals surface area contributed by atoms with E-state index in [9.17, 15) is 0 Å². The summed E-state index contributed by atoms with van der Waals surface area (Å²) in [6.07, 6.45) is 7.50. The zero-order valence-corrected chi connectivity index (χ0v) is 10.9. The second-order valence-corrected chi connectivity index (χ2v) is 4.91. The van der Waals surface area contributed by atoms with Crippen LogP contribution in [0.3, 0.4) is 0 Å². The summed E-state index contributed by atoms with van der Waals surface area (Å²) in [7, 11) is 0.